The summed E-state index contributed by atoms with van der Waals surface area (Å²) in [5.41, 5.74) is 6.93. The Bertz CT molecular complexity index is 1580. The van der Waals surface area contributed by atoms with Gasteiger partial charge >= 0.3 is 5.97 Å². The van der Waals surface area contributed by atoms with E-state index in [9.17, 15) is 4.79 Å². The number of aryl methyl sites for hydroxylation is 3. The number of esters is 1. The first-order valence-corrected chi connectivity index (χ1v) is 13.6. The molecule has 37 heavy (non-hydrogen) atoms. The van der Waals surface area contributed by atoms with Crippen LogP contribution in [0.4, 0.5) is 0 Å². The van der Waals surface area contributed by atoms with Crippen LogP contribution in [0.25, 0.3) is 33.4 Å². The molecule has 0 aliphatic heterocycles. The highest BCUT2D eigenvalue weighted by Gasteiger charge is 2.23. The Morgan fingerprint density at radius 1 is 0.892 bits per heavy atom. The van der Waals surface area contributed by atoms with Crippen molar-refractivity contribution in [1.29, 1.82) is 0 Å². The smallest absolute Gasteiger partial charge is 0.311 e. The highest BCUT2D eigenvalue weighted by molar-refractivity contribution is 6.01. The second-order valence-electron chi connectivity index (χ2n) is 10.0. The summed E-state index contributed by atoms with van der Waals surface area (Å²) in [7, 11) is 0. The molecule has 3 aromatic heterocycles. The third-order valence-electron chi connectivity index (χ3n) is 7.20. The lowest BCUT2D eigenvalue weighted by molar-refractivity contribution is -0.134. The molecule has 6 nitrogen and oxygen atoms in total. The van der Waals surface area contributed by atoms with Crippen LogP contribution in [0, 0.1) is 13.8 Å². The molecule has 3 heterocycles. The monoisotopic (exact) mass is 496 g/mol. The zero-order chi connectivity index (χ0) is 25.9. The minimum atomic E-state index is -0.214. The third kappa shape index (κ3) is 4.85. The number of para-hydroxylation sites is 2. The Morgan fingerprint density at radius 2 is 1.68 bits per heavy atom. The van der Waals surface area contributed by atoms with Crippen molar-refractivity contribution >= 4 is 33.7 Å². The number of ether oxygens (including phenoxy) is 1. The minimum absolute atomic E-state index is 0.214. The largest absolute Gasteiger partial charge is 0.424 e. The zero-order valence-electron chi connectivity index (χ0n) is 22.4. The number of benzene rings is 2. The van der Waals surface area contributed by atoms with Crippen molar-refractivity contribution in [3.8, 4) is 11.4 Å². The second-order valence-corrected chi connectivity index (χ2v) is 10.0. The fraction of sp³-hybridized carbons (Fsp3) is 0.387. The van der Waals surface area contributed by atoms with Gasteiger partial charge in [-0.25, -0.2) is 9.97 Å². The van der Waals surface area contributed by atoms with Gasteiger partial charge in [-0.05, 0) is 62.1 Å². The topological polar surface area (TPSA) is 61.4 Å². The SMILES string of the molecule is CCCCCC(=O)Oc1cn(-c2ccc(C)c(C)c2)c2nc(CCCCC)n3c4ccccc4nc3c12. The summed E-state index contributed by atoms with van der Waals surface area (Å²) in [6.07, 6.45) is 9.41. The van der Waals surface area contributed by atoms with Gasteiger partial charge in [0.05, 0.1) is 17.2 Å². The molecule has 5 rings (SSSR count). The summed E-state index contributed by atoms with van der Waals surface area (Å²) in [6.45, 7) is 8.57. The average Bonchev–Trinajstić information content (AvgIpc) is 3.44. The molecule has 0 N–H and O–H groups in total. The van der Waals surface area contributed by atoms with Crippen LogP contribution in [-0.4, -0.2) is 24.9 Å². The van der Waals surface area contributed by atoms with Gasteiger partial charge in [-0.3, -0.25) is 13.8 Å². The highest BCUT2D eigenvalue weighted by atomic mass is 16.5. The van der Waals surface area contributed by atoms with Crippen molar-refractivity contribution in [2.75, 3.05) is 0 Å². The van der Waals surface area contributed by atoms with Gasteiger partial charge in [0.15, 0.2) is 17.0 Å². The Morgan fingerprint density at radius 3 is 2.46 bits per heavy atom. The van der Waals surface area contributed by atoms with Gasteiger partial charge < -0.3 is 4.74 Å². The van der Waals surface area contributed by atoms with E-state index in [-0.39, 0.29) is 5.97 Å². The Hall–Kier alpha value is -3.67. The predicted octanol–water partition coefficient (Wildman–Crippen LogP) is 7.66. The van der Waals surface area contributed by atoms with Crippen LogP contribution in [0.15, 0.2) is 48.7 Å². The summed E-state index contributed by atoms with van der Waals surface area (Å²) >= 11 is 0. The number of aromatic nitrogens is 4. The molecule has 0 amide bonds. The van der Waals surface area contributed by atoms with Crippen molar-refractivity contribution in [2.45, 2.75) is 79.1 Å². The molecule has 0 fully saturated rings. The van der Waals surface area contributed by atoms with Crippen molar-refractivity contribution in [3.63, 3.8) is 0 Å². The van der Waals surface area contributed by atoms with E-state index in [4.69, 9.17) is 14.7 Å². The second kappa shape index (κ2) is 10.8. The molecule has 0 bridgehead atoms. The van der Waals surface area contributed by atoms with E-state index >= 15 is 0 Å². The van der Waals surface area contributed by atoms with Gasteiger partial charge in [0.1, 0.15) is 11.2 Å². The molecule has 0 radical (unpaired) electrons. The molecular formula is C31H36N4O2. The molecular weight excluding hydrogens is 460 g/mol. The summed E-state index contributed by atoms with van der Waals surface area (Å²) in [6, 6.07) is 14.5. The molecule has 192 valence electrons. The van der Waals surface area contributed by atoms with Gasteiger partial charge in [-0.1, -0.05) is 57.7 Å². The average molecular weight is 497 g/mol. The van der Waals surface area contributed by atoms with Crippen LogP contribution < -0.4 is 4.74 Å². The van der Waals surface area contributed by atoms with E-state index < -0.39 is 0 Å². The zero-order valence-corrected chi connectivity index (χ0v) is 22.4. The summed E-state index contributed by atoms with van der Waals surface area (Å²) in [4.78, 5) is 23.1. The fourth-order valence-electron chi connectivity index (χ4n) is 4.96. The lowest BCUT2D eigenvalue weighted by Gasteiger charge is -2.11. The van der Waals surface area contributed by atoms with E-state index in [0.29, 0.717) is 12.2 Å². The quantitative estimate of drug-likeness (QED) is 0.147. The maximum absolute atomic E-state index is 12.8. The molecule has 0 saturated heterocycles. The van der Waals surface area contributed by atoms with Crippen LogP contribution >= 0.6 is 0 Å². The Labute approximate surface area is 218 Å². The molecule has 2 aromatic carbocycles. The van der Waals surface area contributed by atoms with Gasteiger partial charge in [0.25, 0.3) is 0 Å². The van der Waals surface area contributed by atoms with Crippen LogP contribution in [0.2, 0.25) is 0 Å². The lowest BCUT2D eigenvalue weighted by atomic mass is 10.1. The Balaban J connectivity index is 1.76. The van der Waals surface area contributed by atoms with Crippen molar-refractivity contribution in [3.05, 3.63) is 65.6 Å². The minimum Gasteiger partial charge on any atom is -0.424 e. The number of carbonyl (C=O) groups is 1. The number of nitrogens with zero attached hydrogens (tertiary/aromatic N) is 4. The van der Waals surface area contributed by atoms with E-state index in [1.807, 2.05) is 24.4 Å². The molecule has 0 saturated carbocycles. The summed E-state index contributed by atoms with van der Waals surface area (Å²) < 4.78 is 10.2. The molecule has 5 aromatic rings. The van der Waals surface area contributed by atoms with Crippen molar-refractivity contribution in [1.82, 2.24) is 18.9 Å². The molecule has 0 aliphatic rings. The van der Waals surface area contributed by atoms with Crippen LogP contribution in [0.3, 0.4) is 0 Å². The first-order chi connectivity index (χ1) is 18.0. The molecule has 0 aliphatic carbocycles. The predicted molar refractivity (Wildman–Crippen MR) is 150 cm³/mol. The van der Waals surface area contributed by atoms with Gasteiger partial charge in [0.2, 0.25) is 0 Å². The van der Waals surface area contributed by atoms with Crippen LogP contribution in [-0.2, 0) is 11.2 Å². The van der Waals surface area contributed by atoms with Crippen LogP contribution in [0.1, 0.15) is 75.7 Å². The molecule has 0 spiro atoms. The third-order valence-corrected chi connectivity index (χ3v) is 7.20. The standard InChI is InChI=1S/C31H36N4O2/c1-5-7-9-15-27-33-30-29(31-32-24-13-11-12-14-25(24)35(27)31)26(37-28(36)16-10-8-6-2)20-34(30)23-18-17-21(3)22(4)19-23/h11-14,17-20H,5-10,15-16H2,1-4H3. The first kappa shape index (κ1) is 25.0. The molecule has 6 heteroatoms. The number of unbranched alkanes of at least 4 members (excludes halogenated alkanes) is 4. The van der Waals surface area contributed by atoms with E-state index in [1.165, 1.54) is 11.1 Å². The number of hydrogen-bond donors (Lipinski definition) is 0. The first-order valence-electron chi connectivity index (χ1n) is 13.6. The lowest BCUT2D eigenvalue weighted by Crippen LogP contribution is -2.08. The Kier molecular flexibility index (Phi) is 7.26. The number of fused-ring (bicyclic) bond motifs is 5. The summed E-state index contributed by atoms with van der Waals surface area (Å²) in [5, 5.41) is 0.775. The fourth-order valence-corrected chi connectivity index (χ4v) is 4.96. The van der Waals surface area contributed by atoms with Gasteiger partial charge in [0, 0.05) is 18.5 Å². The number of imidazole rings is 1. The number of rotatable bonds is 10. The van der Waals surface area contributed by atoms with Gasteiger partial charge in [-0.15, -0.1) is 0 Å². The van der Waals surface area contributed by atoms with E-state index in [0.717, 1.165) is 84.2 Å². The van der Waals surface area contributed by atoms with E-state index in [2.05, 4.69) is 60.9 Å². The number of carbonyl (C=O) groups excluding carboxylic acids is 1. The molecule has 0 atom stereocenters. The van der Waals surface area contributed by atoms with Gasteiger partial charge in [-0.2, -0.15) is 0 Å². The molecule has 0 unspecified atom stereocenters. The summed E-state index contributed by atoms with van der Waals surface area (Å²) in [5.74, 6) is 1.28. The normalized spacial score (nSPS) is 11.7. The van der Waals surface area contributed by atoms with Crippen molar-refractivity contribution < 1.29 is 9.53 Å². The van der Waals surface area contributed by atoms with Crippen LogP contribution in [0.5, 0.6) is 5.75 Å². The maximum atomic E-state index is 12.8. The highest BCUT2D eigenvalue weighted by Crippen LogP contribution is 2.36. The maximum Gasteiger partial charge on any atom is 0.311 e. The van der Waals surface area contributed by atoms with Crippen molar-refractivity contribution in [2.24, 2.45) is 0 Å². The number of hydrogen-bond acceptors (Lipinski definition) is 4. The van der Waals surface area contributed by atoms with E-state index in [1.54, 1.807) is 0 Å².